The molecule has 0 bridgehead atoms. The van der Waals surface area contributed by atoms with E-state index in [4.69, 9.17) is 0 Å². The molecular weight excluding hydrogens is 268 g/mol. The van der Waals surface area contributed by atoms with Crippen molar-refractivity contribution in [3.63, 3.8) is 0 Å². The molecule has 2 aromatic rings. The number of aliphatic hydroxyl groups excluding tert-OH is 1. The minimum absolute atomic E-state index is 0.347. The zero-order valence-corrected chi connectivity index (χ0v) is 13.2. The molecule has 20 heavy (non-hydrogen) atoms. The highest BCUT2D eigenvalue weighted by Gasteiger charge is 2.11. The van der Waals surface area contributed by atoms with Crippen LogP contribution >= 0.6 is 11.8 Å². The predicted molar refractivity (Wildman–Crippen MR) is 84.2 cm³/mol. The summed E-state index contributed by atoms with van der Waals surface area (Å²) >= 11 is 1.71. The highest BCUT2D eigenvalue weighted by Crippen LogP contribution is 2.23. The fourth-order valence-electron chi connectivity index (χ4n) is 2.14. The second-order valence-electron chi connectivity index (χ2n) is 5.04. The van der Waals surface area contributed by atoms with Crippen LogP contribution < -0.4 is 0 Å². The van der Waals surface area contributed by atoms with E-state index in [0.717, 1.165) is 17.8 Å². The lowest BCUT2D eigenvalue weighted by Gasteiger charge is -2.11. The molecule has 0 aliphatic heterocycles. The van der Waals surface area contributed by atoms with Crippen LogP contribution in [0, 0.1) is 6.92 Å². The molecule has 4 heteroatoms. The van der Waals surface area contributed by atoms with E-state index >= 15 is 0 Å². The number of thioether (sulfide) groups is 1. The molecule has 1 N–H and O–H groups in total. The quantitative estimate of drug-likeness (QED) is 0.831. The third-order valence-corrected chi connectivity index (χ3v) is 4.68. The van der Waals surface area contributed by atoms with Crippen molar-refractivity contribution < 1.29 is 5.11 Å². The van der Waals surface area contributed by atoms with Gasteiger partial charge in [-0.15, -0.1) is 11.8 Å². The molecule has 1 aromatic heterocycles. The number of aryl methyl sites for hydroxylation is 3. The SMILES string of the molecule is CCc1cc(CC(O)CSc2ccccc2C)n(C)n1. The van der Waals surface area contributed by atoms with Crippen LogP contribution in [-0.4, -0.2) is 26.7 Å². The molecule has 0 saturated carbocycles. The first-order valence-electron chi connectivity index (χ1n) is 6.98. The monoisotopic (exact) mass is 290 g/mol. The molecule has 2 rings (SSSR count). The van der Waals surface area contributed by atoms with Gasteiger partial charge >= 0.3 is 0 Å². The smallest absolute Gasteiger partial charge is 0.0689 e. The Kier molecular flexibility index (Phi) is 5.26. The Morgan fingerprint density at radius 2 is 2.10 bits per heavy atom. The molecule has 108 valence electrons. The lowest BCUT2D eigenvalue weighted by molar-refractivity contribution is 0.197. The van der Waals surface area contributed by atoms with Crippen molar-refractivity contribution in [3.05, 3.63) is 47.3 Å². The van der Waals surface area contributed by atoms with E-state index in [1.54, 1.807) is 11.8 Å². The number of benzene rings is 1. The second-order valence-corrected chi connectivity index (χ2v) is 6.10. The first-order valence-corrected chi connectivity index (χ1v) is 7.97. The first kappa shape index (κ1) is 15.1. The topological polar surface area (TPSA) is 38.0 Å². The summed E-state index contributed by atoms with van der Waals surface area (Å²) in [6.07, 6.45) is 1.24. The zero-order valence-electron chi connectivity index (χ0n) is 12.3. The Hall–Kier alpha value is -1.26. The number of rotatable bonds is 6. The molecule has 1 aromatic carbocycles. The molecule has 0 aliphatic carbocycles. The van der Waals surface area contributed by atoms with Crippen molar-refractivity contribution >= 4 is 11.8 Å². The summed E-state index contributed by atoms with van der Waals surface area (Å²) in [4.78, 5) is 1.24. The van der Waals surface area contributed by atoms with Gasteiger partial charge in [0.05, 0.1) is 11.8 Å². The zero-order chi connectivity index (χ0) is 14.5. The van der Waals surface area contributed by atoms with Gasteiger partial charge in [-0.1, -0.05) is 25.1 Å². The molecule has 0 spiro atoms. The van der Waals surface area contributed by atoms with E-state index in [9.17, 15) is 5.11 Å². The van der Waals surface area contributed by atoms with E-state index in [2.05, 4.69) is 37.1 Å². The van der Waals surface area contributed by atoms with Gasteiger partial charge in [0, 0.05) is 29.8 Å². The van der Waals surface area contributed by atoms with Gasteiger partial charge < -0.3 is 5.11 Å². The Morgan fingerprint density at radius 1 is 1.35 bits per heavy atom. The van der Waals surface area contributed by atoms with Crippen molar-refractivity contribution in [1.82, 2.24) is 9.78 Å². The minimum Gasteiger partial charge on any atom is -0.392 e. The van der Waals surface area contributed by atoms with Crippen LogP contribution in [0.2, 0.25) is 0 Å². The van der Waals surface area contributed by atoms with Crippen LogP contribution in [-0.2, 0) is 19.9 Å². The van der Waals surface area contributed by atoms with Gasteiger partial charge in [0.1, 0.15) is 0 Å². The normalized spacial score (nSPS) is 12.6. The van der Waals surface area contributed by atoms with Crippen LogP contribution in [0.15, 0.2) is 35.2 Å². The summed E-state index contributed by atoms with van der Waals surface area (Å²) in [5, 5.41) is 14.6. The highest BCUT2D eigenvalue weighted by molar-refractivity contribution is 7.99. The molecule has 0 aliphatic rings. The van der Waals surface area contributed by atoms with Gasteiger partial charge in [-0.3, -0.25) is 4.68 Å². The number of aliphatic hydroxyl groups is 1. The molecule has 0 fully saturated rings. The van der Waals surface area contributed by atoms with Crippen molar-refractivity contribution in [2.45, 2.75) is 37.7 Å². The highest BCUT2D eigenvalue weighted by atomic mass is 32.2. The van der Waals surface area contributed by atoms with Crippen LogP contribution in [0.4, 0.5) is 0 Å². The Labute approximate surface area is 125 Å². The average Bonchev–Trinajstić information content (AvgIpc) is 2.78. The maximum Gasteiger partial charge on any atom is 0.0689 e. The fourth-order valence-corrected chi connectivity index (χ4v) is 3.10. The lowest BCUT2D eigenvalue weighted by Crippen LogP contribution is -2.15. The predicted octanol–water partition coefficient (Wildman–Crippen LogP) is 2.99. The van der Waals surface area contributed by atoms with Crippen molar-refractivity contribution in [3.8, 4) is 0 Å². The number of aromatic nitrogens is 2. The summed E-state index contributed by atoms with van der Waals surface area (Å²) < 4.78 is 1.88. The third kappa shape index (κ3) is 3.87. The van der Waals surface area contributed by atoms with Gasteiger partial charge in [0.2, 0.25) is 0 Å². The van der Waals surface area contributed by atoms with E-state index in [1.165, 1.54) is 10.5 Å². The summed E-state index contributed by atoms with van der Waals surface area (Å²) in [6.45, 7) is 4.19. The number of hydrogen-bond acceptors (Lipinski definition) is 3. The van der Waals surface area contributed by atoms with E-state index in [-0.39, 0.29) is 6.10 Å². The molecule has 3 nitrogen and oxygen atoms in total. The molecular formula is C16H22N2OS. The van der Waals surface area contributed by atoms with E-state index in [0.29, 0.717) is 12.2 Å². The second kappa shape index (κ2) is 6.95. The number of nitrogens with zero attached hydrogens (tertiary/aromatic N) is 2. The van der Waals surface area contributed by atoms with Crippen molar-refractivity contribution in [1.29, 1.82) is 0 Å². The van der Waals surface area contributed by atoms with Gasteiger partial charge in [-0.25, -0.2) is 0 Å². The first-order chi connectivity index (χ1) is 9.60. The van der Waals surface area contributed by atoms with Crippen LogP contribution in [0.5, 0.6) is 0 Å². The molecule has 1 unspecified atom stereocenters. The Balaban J connectivity index is 1.91. The molecule has 1 heterocycles. The number of hydrogen-bond donors (Lipinski definition) is 1. The molecule has 0 radical (unpaired) electrons. The summed E-state index contributed by atoms with van der Waals surface area (Å²) in [5.74, 6) is 0.706. The van der Waals surface area contributed by atoms with Gasteiger partial charge in [0.15, 0.2) is 0 Å². The van der Waals surface area contributed by atoms with Gasteiger partial charge in [-0.05, 0) is 31.0 Å². The largest absolute Gasteiger partial charge is 0.392 e. The van der Waals surface area contributed by atoms with Gasteiger partial charge in [-0.2, -0.15) is 5.10 Å². The summed E-state index contributed by atoms with van der Waals surface area (Å²) in [7, 11) is 1.94. The van der Waals surface area contributed by atoms with Crippen LogP contribution in [0.1, 0.15) is 23.9 Å². The van der Waals surface area contributed by atoms with Crippen molar-refractivity contribution in [2.75, 3.05) is 5.75 Å². The molecule has 0 saturated heterocycles. The Morgan fingerprint density at radius 3 is 2.75 bits per heavy atom. The molecule has 0 amide bonds. The minimum atomic E-state index is -0.347. The summed E-state index contributed by atoms with van der Waals surface area (Å²) in [6, 6.07) is 10.4. The van der Waals surface area contributed by atoms with E-state index < -0.39 is 0 Å². The molecule has 1 atom stereocenters. The van der Waals surface area contributed by atoms with Crippen LogP contribution in [0.3, 0.4) is 0 Å². The standard InChI is InChI=1S/C16H22N2OS/c1-4-13-9-14(18(3)17-13)10-15(19)11-20-16-8-6-5-7-12(16)2/h5-9,15,19H,4,10-11H2,1-3H3. The lowest BCUT2D eigenvalue weighted by atomic mass is 10.2. The maximum absolute atomic E-state index is 10.2. The maximum atomic E-state index is 10.2. The van der Waals surface area contributed by atoms with Gasteiger partial charge in [0.25, 0.3) is 0 Å². The average molecular weight is 290 g/mol. The Bertz CT molecular complexity index is 565. The summed E-state index contributed by atoms with van der Waals surface area (Å²) in [5.41, 5.74) is 3.44. The van der Waals surface area contributed by atoms with Crippen molar-refractivity contribution in [2.24, 2.45) is 7.05 Å². The fraction of sp³-hybridized carbons (Fsp3) is 0.438. The third-order valence-electron chi connectivity index (χ3n) is 3.36. The van der Waals surface area contributed by atoms with Crippen LogP contribution in [0.25, 0.3) is 0 Å². The van der Waals surface area contributed by atoms with E-state index in [1.807, 2.05) is 23.9 Å².